The zero-order valence-corrected chi connectivity index (χ0v) is 16.0. The van der Waals surface area contributed by atoms with E-state index in [-0.39, 0.29) is 5.97 Å². The smallest absolute Gasteiger partial charge is 0.333 e. The summed E-state index contributed by atoms with van der Waals surface area (Å²) in [7, 11) is 0. The number of ether oxygens (including phenoxy) is 1. The minimum atomic E-state index is -0.256. The molecule has 2 nitrogen and oxygen atoms in total. The fraction of sp³-hybridized carbons (Fsp3) is 0.857. The zero-order valence-electron chi connectivity index (χ0n) is 16.0. The van der Waals surface area contributed by atoms with Crippen molar-refractivity contribution in [3.8, 4) is 0 Å². The fourth-order valence-electron chi connectivity index (χ4n) is 2.82. The average Bonchev–Trinajstić information content (AvgIpc) is 2.53. The molecule has 0 aromatic carbocycles. The summed E-state index contributed by atoms with van der Waals surface area (Å²) in [4.78, 5) is 11.2. The van der Waals surface area contributed by atoms with Gasteiger partial charge in [0.1, 0.15) is 0 Å². The van der Waals surface area contributed by atoms with E-state index >= 15 is 0 Å². The summed E-state index contributed by atoms with van der Waals surface area (Å²) in [5, 5.41) is 0. The van der Waals surface area contributed by atoms with Crippen LogP contribution in [-0.2, 0) is 9.53 Å². The van der Waals surface area contributed by atoms with E-state index in [1.54, 1.807) is 6.92 Å². The van der Waals surface area contributed by atoms with Gasteiger partial charge in [-0.15, -0.1) is 0 Å². The first-order chi connectivity index (χ1) is 11.1. The van der Waals surface area contributed by atoms with Crippen LogP contribution in [0, 0.1) is 5.92 Å². The van der Waals surface area contributed by atoms with Crippen molar-refractivity contribution in [1.82, 2.24) is 0 Å². The van der Waals surface area contributed by atoms with Crippen molar-refractivity contribution in [3.63, 3.8) is 0 Å². The number of rotatable bonds is 16. The summed E-state index contributed by atoms with van der Waals surface area (Å²) in [5.41, 5.74) is 0.491. The van der Waals surface area contributed by atoms with Crippen molar-refractivity contribution in [3.05, 3.63) is 12.2 Å². The molecular formula is C21H40O2. The van der Waals surface area contributed by atoms with Gasteiger partial charge in [-0.3, -0.25) is 0 Å². The number of hydrogen-bond acceptors (Lipinski definition) is 2. The lowest BCUT2D eigenvalue weighted by Gasteiger charge is -2.10. The maximum absolute atomic E-state index is 11.2. The van der Waals surface area contributed by atoms with Crippen molar-refractivity contribution >= 4 is 5.97 Å². The minimum Gasteiger partial charge on any atom is -0.462 e. The second-order valence-electron chi connectivity index (χ2n) is 7.13. The van der Waals surface area contributed by atoms with Gasteiger partial charge >= 0.3 is 5.97 Å². The Morgan fingerprint density at radius 1 is 0.870 bits per heavy atom. The highest BCUT2D eigenvalue weighted by molar-refractivity contribution is 5.86. The molecule has 0 bridgehead atoms. The first kappa shape index (κ1) is 22.2. The van der Waals surface area contributed by atoms with Crippen LogP contribution in [0.1, 0.15) is 104 Å². The topological polar surface area (TPSA) is 26.3 Å². The third-order valence-electron chi connectivity index (χ3n) is 4.47. The zero-order chi connectivity index (χ0) is 17.3. The lowest BCUT2D eigenvalue weighted by Crippen LogP contribution is -2.05. The summed E-state index contributed by atoms with van der Waals surface area (Å²) in [6, 6.07) is 0. The highest BCUT2D eigenvalue weighted by atomic mass is 16.5. The molecular weight excluding hydrogens is 284 g/mol. The normalized spacial score (nSPS) is 12.1. The molecule has 136 valence electrons. The first-order valence-corrected chi connectivity index (χ1v) is 9.90. The van der Waals surface area contributed by atoms with Crippen LogP contribution in [0.5, 0.6) is 0 Å². The molecule has 0 saturated carbocycles. The van der Waals surface area contributed by atoms with Gasteiger partial charge in [-0.05, 0) is 19.3 Å². The van der Waals surface area contributed by atoms with Crippen LogP contribution in [0.3, 0.4) is 0 Å². The number of esters is 1. The summed E-state index contributed by atoms with van der Waals surface area (Å²) in [5.74, 6) is 0.669. The van der Waals surface area contributed by atoms with Gasteiger partial charge in [0.15, 0.2) is 0 Å². The average molecular weight is 325 g/mol. The number of carbonyl (C=O) groups is 1. The van der Waals surface area contributed by atoms with Crippen molar-refractivity contribution < 1.29 is 9.53 Å². The molecule has 0 aromatic rings. The van der Waals surface area contributed by atoms with E-state index in [4.69, 9.17) is 4.74 Å². The van der Waals surface area contributed by atoms with E-state index in [1.807, 2.05) is 0 Å². The Morgan fingerprint density at radius 2 is 1.35 bits per heavy atom. The third-order valence-corrected chi connectivity index (χ3v) is 4.47. The molecule has 0 aliphatic rings. The quantitative estimate of drug-likeness (QED) is 0.177. The third kappa shape index (κ3) is 15.9. The van der Waals surface area contributed by atoms with Crippen LogP contribution in [0.15, 0.2) is 12.2 Å². The van der Waals surface area contributed by atoms with Gasteiger partial charge < -0.3 is 4.74 Å². The molecule has 0 aromatic heterocycles. The largest absolute Gasteiger partial charge is 0.462 e. The Kier molecular flexibility index (Phi) is 15.5. The Hall–Kier alpha value is -0.790. The molecule has 0 amide bonds. The van der Waals surface area contributed by atoms with Crippen molar-refractivity contribution in [2.45, 2.75) is 104 Å². The summed E-state index contributed by atoms with van der Waals surface area (Å²) < 4.78 is 5.08. The molecule has 0 fully saturated rings. The van der Waals surface area contributed by atoms with Crippen LogP contribution in [0.2, 0.25) is 0 Å². The lowest BCUT2D eigenvalue weighted by molar-refractivity contribution is -0.139. The van der Waals surface area contributed by atoms with E-state index in [0.29, 0.717) is 12.2 Å². The molecule has 2 heteroatoms. The summed E-state index contributed by atoms with van der Waals surface area (Å²) in [6.45, 7) is 10.5. The Labute approximate surface area is 145 Å². The van der Waals surface area contributed by atoms with E-state index < -0.39 is 0 Å². The fourth-order valence-corrected chi connectivity index (χ4v) is 2.82. The first-order valence-electron chi connectivity index (χ1n) is 9.90. The van der Waals surface area contributed by atoms with Crippen molar-refractivity contribution in [2.75, 3.05) is 6.61 Å². The lowest BCUT2D eigenvalue weighted by atomic mass is 9.97. The molecule has 0 aliphatic heterocycles. The second-order valence-corrected chi connectivity index (χ2v) is 7.13. The molecule has 0 heterocycles. The predicted molar refractivity (Wildman–Crippen MR) is 101 cm³/mol. The molecule has 0 spiro atoms. The molecule has 0 radical (unpaired) electrons. The van der Waals surface area contributed by atoms with Gasteiger partial charge in [0.25, 0.3) is 0 Å². The predicted octanol–water partition coefficient (Wildman–Crippen LogP) is 6.83. The molecule has 1 atom stereocenters. The number of carbonyl (C=O) groups excluding carboxylic acids is 1. The van der Waals surface area contributed by atoms with Gasteiger partial charge in [-0.25, -0.2) is 4.79 Å². The maximum atomic E-state index is 11.2. The summed E-state index contributed by atoms with van der Waals surface area (Å²) in [6.07, 6.45) is 17.3. The van der Waals surface area contributed by atoms with Gasteiger partial charge in [0.2, 0.25) is 0 Å². The van der Waals surface area contributed by atoms with Gasteiger partial charge in [-0.1, -0.05) is 97.5 Å². The van der Waals surface area contributed by atoms with Crippen LogP contribution >= 0.6 is 0 Å². The van der Waals surface area contributed by atoms with E-state index in [1.165, 1.54) is 77.0 Å². The molecule has 1 unspecified atom stereocenters. The van der Waals surface area contributed by atoms with Crippen molar-refractivity contribution in [2.24, 2.45) is 5.92 Å². The minimum absolute atomic E-state index is 0.256. The molecule has 23 heavy (non-hydrogen) atoms. The maximum Gasteiger partial charge on any atom is 0.333 e. The van der Waals surface area contributed by atoms with E-state index in [2.05, 4.69) is 20.4 Å². The van der Waals surface area contributed by atoms with Crippen LogP contribution < -0.4 is 0 Å². The monoisotopic (exact) mass is 324 g/mol. The molecule has 0 aliphatic carbocycles. The summed E-state index contributed by atoms with van der Waals surface area (Å²) >= 11 is 0. The molecule has 0 rings (SSSR count). The molecule has 0 saturated heterocycles. The van der Waals surface area contributed by atoms with Gasteiger partial charge in [-0.2, -0.15) is 0 Å². The SMILES string of the molecule is C=C(C)C(=O)OCCCCCCCCCCCC(C)CCCC. The van der Waals surface area contributed by atoms with Crippen molar-refractivity contribution in [1.29, 1.82) is 0 Å². The standard InChI is InChI=1S/C21H40O2/c1-5-6-16-20(4)17-14-12-10-8-7-9-11-13-15-18-23-21(22)19(2)3/h20H,2,5-18H2,1,3-4H3. The second kappa shape index (κ2) is 16.1. The number of hydrogen-bond donors (Lipinski definition) is 0. The van der Waals surface area contributed by atoms with Crippen LogP contribution in [-0.4, -0.2) is 12.6 Å². The van der Waals surface area contributed by atoms with Gasteiger partial charge in [0, 0.05) is 5.57 Å². The van der Waals surface area contributed by atoms with E-state index in [0.717, 1.165) is 12.3 Å². The Morgan fingerprint density at radius 3 is 1.87 bits per heavy atom. The molecule has 0 N–H and O–H groups in total. The highest BCUT2D eigenvalue weighted by Crippen LogP contribution is 2.17. The Balaban J connectivity index is 3.16. The highest BCUT2D eigenvalue weighted by Gasteiger charge is 2.02. The van der Waals surface area contributed by atoms with Crippen LogP contribution in [0.25, 0.3) is 0 Å². The van der Waals surface area contributed by atoms with E-state index in [9.17, 15) is 4.79 Å². The van der Waals surface area contributed by atoms with Crippen LogP contribution in [0.4, 0.5) is 0 Å². The van der Waals surface area contributed by atoms with Gasteiger partial charge in [0.05, 0.1) is 6.61 Å². The Bertz CT molecular complexity index is 296. The number of unbranched alkanes of at least 4 members (excludes halogenated alkanes) is 9.